The van der Waals surface area contributed by atoms with Crippen LogP contribution < -0.4 is 4.74 Å². The first-order valence-corrected chi connectivity index (χ1v) is 12.4. The number of para-hydroxylation sites is 1. The van der Waals surface area contributed by atoms with Crippen LogP contribution in [0, 0.1) is 0 Å². The van der Waals surface area contributed by atoms with Crippen molar-refractivity contribution in [3.8, 4) is 22.7 Å². The van der Waals surface area contributed by atoms with Crippen LogP contribution >= 0.6 is 35.6 Å². The van der Waals surface area contributed by atoms with E-state index in [0.717, 1.165) is 50.5 Å². The van der Waals surface area contributed by atoms with Crippen molar-refractivity contribution < 1.29 is 9.53 Å². The minimum atomic E-state index is -0.0994. The molecule has 1 aromatic heterocycles. The first kappa shape index (κ1) is 23.4. The molecule has 1 amide bonds. The van der Waals surface area contributed by atoms with E-state index in [9.17, 15) is 4.79 Å². The first-order valence-electron chi connectivity index (χ1n) is 10.8. The second-order valence-corrected chi connectivity index (χ2v) is 9.65. The summed E-state index contributed by atoms with van der Waals surface area (Å²) in [4.78, 5) is 15.6. The van der Waals surface area contributed by atoms with Crippen LogP contribution in [0.25, 0.3) is 23.0 Å². The van der Waals surface area contributed by atoms with E-state index in [-0.39, 0.29) is 5.24 Å². The lowest BCUT2D eigenvalue weighted by molar-refractivity contribution is 0.244. The van der Waals surface area contributed by atoms with Gasteiger partial charge in [0.15, 0.2) is 0 Å². The molecule has 0 spiro atoms. The van der Waals surface area contributed by atoms with Crippen molar-refractivity contribution in [3.05, 3.63) is 106 Å². The van der Waals surface area contributed by atoms with Crippen LogP contribution in [0.15, 0.2) is 90.0 Å². The van der Waals surface area contributed by atoms with Gasteiger partial charge in [-0.25, -0.2) is 4.68 Å². The topological polar surface area (TPSA) is 47.4 Å². The summed E-state index contributed by atoms with van der Waals surface area (Å²) in [5.41, 5.74) is 4.49. The van der Waals surface area contributed by atoms with Crippen LogP contribution in [-0.4, -0.2) is 32.0 Å². The van der Waals surface area contributed by atoms with Crippen LogP contribution in [0.4, 0.5) is 4.79 Å². The molecule has 8 heteroatoms. The molecule has 0 N–H and O–H groups in total. The van der Waals surface area contributed by atoms with Gasteiger partial charge >= 0.3 is 0 Å². The van der Waals surface area contributed by atoms with Gasteiger partial charge in [0.25, 0.3) is 5.24 Å². The number of carbonyl (C=O) groups is 1. The van der Waals surface area contributed by atoms with E-state index < -0.39 is 0 Å². The molecule has 174 valence electrons. The molecule has 1 aliphatic heterocycles. The predicted molar refractivity (Wildman–Crippen MR) is 146 cm³/mol. The average Bonchev–Trinajstić information content (AvgIpc) is 3.42. The van der Waals surface area contributed by atoms with Gasteiger partial charge in [0.2, 0.25) is 0 Å². The molecule has 0 atom stereocenters. The zero-order valence-electron chi connectivity index (χ0n) is 18.7. The standard InChI is InChI=1S/C27H20ClN3O2S2/c1-33-23-13-9-19(10-14-23)25-20(17-31(29-25)22-5-3-2-4-6-22)15-24-26(34)30(27(32)35-24)16-18-7-11-21(28)12-8-18/h2-15,17H,16H2,1H3. The Balaban J connectivity index is 1.51. The molecule has 0 bridgehead atoms. The Morgan fingerprint density at radius 2 is 1.74 bits per heavy atom. The van der Waals surface area contributed by atoms with Crippen molar-refractivity contribution in [2.45, 2.75) is 6.54 Å². The number of thiocarbonyl (C=S) groups is 1. The third-order valence-electron chi connectivity index (χ3n) is 5.54. The molecule has 5 rings (SSSR count). The fraction of sp³-hybridized carbons (Fsp3) is 0.0741. The lowest BCUT2D eigenvalue weighted by Gasteiger charge is -2.14. The fourth-order valence-electron chi connectivity index (χ4n) is 3.73. The van der Waals surface area contributed by atoms with Gasteiger partial charge in [-0.05, 0) is 71.9 Å². The number of benzene rings is 3. The number of thioether (sulfide) groups is 1. The number of rotatable bonds is 6. The Morgan fingerprint density at radius 3 is 2.43 bits per heavy atom. The molecule has 1 fully saturated rings. The molecule has 1 aliphatic rings. The molecule has 0 aliphatic carbocycles. The summed E-state index contributed by atoms with van der Waals surface area (Å²) in [5.74, 6) is 0.770. The van der Waals surface area contributed by atoms with Gasteiger partial charge in [0.05, 0.1) is 29.9 Å². The molecular formula is C27H20ClN3O2S2. The van der Waals surface area contributed by atoms with Crippen LogP contribution in [0.5, 0.6) is 5.75 Å². The highest BCUT2D eigenvalue weighted by Gasteiger charge is 2.32. The van der Waals surface area contributed by atoms with Crippen LogP contribution in [-0.2, 0) is 6.54 Å². The van der Waals surface area contributed by atoms with E-state index in [0.29, 0.717) is 16.6 Å². The maximum Gasteiger partial charge on any atom is 0.291 e. The summed E-state index contributed by atoms with van der Waals surface area (Å²) in [6.45, 7) is 0.397. The number of ether oxygens (including phenoxy) is 1. The summed E-state index contributed by atoms with van der Waals surface area (Å²) < 4.78 is 7.14. The quantitative estimate of drug-likeness (QED) is 0.199. The third kappa shape index (κ3) is 5.03. The van der Waals surface area contributed by atoms with Crippen LogP contribution in [0.3, 0.4) is 0 Å². The van der Waals surface area contributed by atoms with Crippen molar-refractivity contribution >= 4 is 51.9 Å². The summed E-state index contributed by atoms with van der Waals surface area (Å²) in [5, 5.41) is 5.41. The number of halogens is 1. The number of methoxy groups -OCH3 is 1. The molecular weight excluding hydrogens is 498 g/mol. The maximum absolute atomic E-state index is 12.8. The molecule has 35 heavy (non-hydrogen) atoms. The van der Waals surface area contributed by atoms with Crippen LogP contribution in [0.2, 0.25) is 5.02 Å². The normalized spacial score (nSPS) is 14.7. The third-order valence-corrected chi connectivity index (χ3v) is 7.29. The second kappa shape index (κ2) is 10.1. The minimum Gasteiger partial charge on any atom is -0.497 e. The Morgan fingerprint density at radius 1 is 1.03 bits per heavy atom. The summed E-state index contributed by atoms with van der Waals surface area (Å²) >= 11 is 12.8. The molecule has 0 saturated carbocycles. The molecule has 5 nitrogen and oxygen atoms in total. The Hall–Kier alpha value is -3.39. The van der Waals surface area contributed by atoms with Gasteiger partial charge in [0, 0.05) is 22.3 Å². The molecule has 0 radical (unpaired) electrons. The number of hydrogen-bond donors (Lipinski definition) is 0. The molecule has 0 unspecified atom stereocenters. The fourth-order valence-corrected chi connectivity index (χ4v) is 5.08. The van der Waals surface area contributed by atoms with E-state index in [1.54, 1.807) is 12.0 Å². The van der Waals surface area contributed by atoms with Crippen molar-refractivity contribution in [2.24, 2.45) is 0 Å². The zero-order chi connectivity index (χ0) is 24.4. The van der Waals surface area contributed by atoms with E-state index in [1.807, 2.05) is 95.8 Å². The number of carbonyl (C=O) groups excluding carboxylic acids is 1. The second-order valence-electron chi connectivity index (χ2n) is 7.84. The Kier molecular flexibility index (Phi) is 6.72. The van der Waals surface area contributed by atoms with E-state index in [4.69, 9.17) is 33.7 Å². The zero-order valence-corrected chi connectivity index (χ0v) is 21.1. The van der Waals surface area contributed by atoms with Crippen molar-refractivity contribution in [2.75, 3.05) is 7.11 Å². The largest absolute Gasteiger partial charge is 0.497 e. The van der Waals surface area contributed by atoms with E-state index in [1.165, 1.54) is 0 Å². The number of aromatic nitrogens is 2. The monoisotopic (exact) mass is 517 g/mol. The van der Waals surface area contributed by atoms with Gasteiger partial charge in [-0.2, -0.15) is 5.10 Å². The summed E-state index contributed by atoms with van der Waals surface area (Å²) in [7, 11) is 1.64. The minimum absolute atomic E-state index is 0.0994. The summed E-state index contributed by atoms with van der Waals surface area (Å²) in [6.07, 6.45) is 3.90. The smallest absolute Gasteiger partial charge is 0.291 e. The van der Waals surface area contributed by atoms with Gasteiger partial charge < -0.3 is 4.74 Å². The Labute approximate surface area is 218 Å². The molecule has 1 saturated heterocycles. The van der Waals surface area contributed by atoms with Gasteiger partial charge in [-0.15, -0.1) is 0 Å². The number of amides is 1. The SMILES string of the molecule is COc1ccc(-c2nn(-c3ccccc3)cc2C=C2SC(=O)N(Cc3ccc(Cl)cc3)C2=S)cc1. The predicted octanol–water partition coefficient (Wildman–Crippen LogP) is 7.24. The highest BCUT2D eigenvalue weighted by molar-refractivity contribution is 8.19. The van der Waals surface area contributed by atoms with Gasteiger partial charge in [-0.1, -0.05) is 54.2 Å². The highest BCUT2D eigenvalue weighted by atomic mass is 35.5. The van der Waals surface area contributed by atoms with Crippen molar-refractivity contribution in [3.63, 3.8) is 0 Å². The lowest BCUT2D eigenvalue weighted by atomic mass is 10.1. The van der Waals surface area contributed by atoms with Crippen LogP contribution in [0.1, 0.15) is 11.1 Å². The number of hydrogen-bond acceptors (Lipinski definition) is 5. The molecule has 3 aromatic carbocycles. The molecule has 4 aromatic rings. The lowest BCUT2D eigenvalue weighted by Crippen LogP contribution is -2.26. The Bertz CT molecular complexity index is 1420. The molecule has 2 heterocycles. The van der Waals surface area contributed by atoms with E-state index >= 15 is 0 Å². The first-order chi connectivity index (χ1) is 17.0. The van der Waals surface area contributed by atoms with Crippen molar-refractivity contribution in [1.82, 2.24) is 14.7 Å². The maximum atomic E-state index is 12.8. The van der Waals surface area contributed by atoms with Crippen molar-refractivity contribution in [1.29, 1.82) is 0 Å². The van der Waals surface area contributed by atoms with E-state index in [2.05, 4.69) is 0 Å². The highest BCUT2D eigenvalue weighted by Crippen LogP contribution is 2.36. The average molecular weight is 518 g/mol. The van der Waals surface area contributed by atoms with Gasteiger partial charge in [-0.3, -0.25) is 9.69 Å². The number of nitrogens with zero attached hydrogens (tertiary/aromatic N) is 3. The van der Waals surface area contributed by atoms with Gasteiger partial charge in [0.1, 0.15) is 10.7 Å². The summed E-state index contributed by atoms with van der Waals surface area (Å²) in [6, 6.07) is 25.1.